The van der Waals surface area contributed by atoms with Crippen molar-refractivity contribution in [1.82, 2.24) is 0 Å². The van der Waals surface area contributed by atoms with Crippen LogP contribution in [0.15, 0.2) is 23.0 Å². The molecule has 0 aliphatic heterocycles. The molecular formula is C11H11FO3. The van der Waals surface area contributed by atoms with Crippen LogP contribution in [-0.4, -0.2) is 11.2 Å². The molecule has 1 fully saturated rings. The van der Waals surface area contributed by atoms with Gasteiger partial charge in [-0.25, -0.2) is 4.39 Å². The van der Waals surface area contributed by atoms with Crippen LogP contribution in [-0.2, 0) is 0 Å². The highest BCUT2D eigenvalue weighted by atomic mass is 19.1. The van der Waals surface area contributed by atoms with Crippen LogP contribution in [0.4, 0.5) is 4.39 Å². The Bertz CT molecular complexity index is 427. The normalized spacial score (nSPS) is 15.8. The average Bonchev–Trinajstić information content (AvgIpc) is 2.26. The second kappa shape index (κ2) is 3.88. The number of hydrogen-bond acceptors (Lipinski definition) is 3. The van der Waals surface area contributed by atoms with Crippen molar-refractivity contribution in [2.24, 2.45) is 0 Å². The molecule has 1 aliphatic rings. The van der Waals surface area contributed by atoms with E-state index >= 15 is 0 Å². The summed E-state index contributed by atoms with van der Waals surface area (Å²) in [6, 6.07) is 3.50. The van der Waals surface area contributed by atoms with Crippen LogP contribution >= 0.6 is 0 Å². The number of hydrogen-bond donors (Lipinski definition) is 1. The van der Waals surface area contributed by atoms with Gasteiger partial charge in [-0.05, 0) is 31.4 Å². The number of halogens is 1. The van der Waals surface area contributed by atoms with E-state index in [4.69, 9.17) is 9.84 Å². The van der Waals surface area contributed by atoms with Crippen LogP contribution in [0.1, 0.15) is 19.3 Å². The lowest BCUT2D eigenvalue weighted by Gasteiger charge is -2.25. The number of aromatic hydroxyl groups is 1. The number of rotatable bonds is 2. The highest BCUT2D eigenvalue weighted by Gasteiger charge is 2.19. The molecule has 1 N–H and O–H groups in total. The van der Waals surface area contributed by atoms with E-state index in [0.29, 0.717) is 5.75 Å². The molecule has 4 heteroatoms. The minimum atomic E-state index is -0.927. The summed E-state index contributed by atoms with van der Waals surface area (Å²) in [5, 5.41) is 9.05. The molecular weight excluding hydrogens is 199 g/mol. The molecule has 0 spiro atoms. The van der Waals surface area contributed by atoms with Crippen molar-refractivity contribution >= 4 is 0 Å². The molecule has 3 nitrogen and oxygen atoms in total. The predicted molar refractivity (Wildman–Crippen MR) is 52.6 cm³/mol. The third-order valence-corrected chi connectivity index (χ3v) is 2.48. The van der Waals surface area contributed by atoms with Gasteiger partial charge in [-0.3, -0.25) is 4.79 Å². The third-order valence-electron chi connectivity index (χ3n) is 2.48. The lowest BCUT2D eigenvalue weighted by molar-refractivity contribution is 0.120. The molecule has 1 saturated carbocycles. The van der Waals surface area contributed by atoms with Gasteiger partial charge in [0.25, 0.3) is 0 Å². The monoisotopic (exact) mass is 210 g/mol. The van der Waals surface area contributed by atoms with Crippen molar-refractivity contribution < 1.29 is 14.2 Å². The molecule has 1 aromatic rings. The zero-order valence-corrected chi connectivity index (χ0v) is 8.07. The summed E-state index contributed by atoms with van der Waals surface area (Å²) in [5.41, 5.74) is -0.758. The van der Waals surface area contributed by atoms with Crippen LogP contribution in [0, 0.1) is 5.82 Å². The van der Waals surface area contributed by atoms with Gasteiger partial charge in [0.1, 0.15) is 5.75 Å². The van der Waals surface area contributed by atoms with Gasteiger partial charge in [-0.1, -0.05) is 0 Å². The molecule has 0 bridgehead atoms. The lowest BCUT2D eigenvalue weighted by atomic mass is 9.96. The second-order valence-electron chi connectivity index (χ2n) is 3.61. The molecule has 0 saturated heterocycles. The van der Waals surface area contributed by atoms with Crippen LogP contribution in [0.3, 0.4) is 0 Å². The van der Waals surface area contributed by atoms with Crippen molar-refractivity contribution in [3.63, 3.8) is 0 Å². The van der Waals surface area contributed by atoms with Crippen molar-refractivity contribution in [2.45, 2.75) is 25.4 Å². The van der Waals surface area contributed by atoms with Crippen LogP contribution in [0.25, 0.3) is 0 Å². The topological polar surface area (TPSA) is 46.5 Å². The molecule has 0 radical (unpaired) electrons. The van der Waals surface area contributed by atoms with Crippen molar-refractivity contribution in [2.75, 3.05) is 0 Å². The first-order valence-corrected chi connectivity index (χ1v) is 4.86. The van der Waals surface area contributed by atoms with Crippen molar-refractivity contribution in [3.05, 3.63) is 34.2 Å². The smallest absolute Gasteiger partial charge is 0.226 e. The zero-order chi connectivity index (χ0) is 10.8. The second-order valence-corrected chi connectivity index (χ2v) is 3.61. The molecule has 2 rings (SSSR count). The van der Waals surface area contributed by atoms with E-state index in [9.17, 15) is 9.18 Å². The summed E-state index contributed by atoms with van der Waals surface area (Å²) in [5.74, 6) is -1.48. The summed E-state index contributed by atoms with van der Waals surface area (Å²) in [7, 11) is 0. The Morgan fingerprint density at radius 3 is 2.73 bits per heavy atom. The summed E-state index contributed by atoms with van der Waals surface area (Å²) in [4.78, 5) is 11.2. The highest BCUT2D eigenvalue weighted by Crippen LogP contribution is 2.24. The Kier molecular flexibility index (Phi) is 2.58. The fourth-order valence-corrected chi connectivity index (χ4v) is 1.35. The Balaban J connectivity index is 2.29. The molecule has 1 aliphatic carbocycles. The Labute approximate surface area is 86.1 Å². The van der Waals surface area contributed by atoms with Crippen molar-refractivity contribution in [1.29, 1.82) is 0 Å². The van der Waals surface area contributed by atoms with Gasteiger partial charge >= 0.3 is 0 Å². The summed E-state index contributed by atoms with van der Waals surface area (Å²) >= 11 is 0. The van der Waals surface area contributed by atoms with Crippen LogP contribution < -0.4 is 10.2 Å². The fraction of sp³-hybridized carbons (Fsp3) is 0.364. The fourth-order valence-electron chi connectivity index (χ4n) is 1.35. The molecule has 15 heavy (non-hydrogen) atoms. The molecule has 0 aromatic heterocycles. The van der Waals surface area contributed by atoms with Gasteiger partial charge in [-0.15, -0.1) is 0 Å². The van der Waals surface area contributed by atoms with E-state index in [1.54, 1.807) is 0 Å². The average molecular weight is 210 g/mol. The summed E-state index contributed by atoms with van der Waals surface area (Å²) in [6.45, 7) is 0. The van der Waals surface area contributed by atoms with E-state index in [-0.39, 0.29) is 6.10 Å². The van der Waals surface area contributed by atoms with Gasteiger partial charge in [0.2, 0.25) is 5.43 Å². The van der Waals surface area contributed by atoms with E-state index < -0.39 is 17.0 Å². The molecule has 0 unspecified atom stereocenters. The maximum atomic E-state index is 12.9. The highest BCUT2D eigenvalue weighted by molar-refractivity contribution is 5.29. The largest absolute Gasteiger partial charge is 0.502 e. The van der Waals surface area contributed by atoms with Gasteiger partial charge in [0.05, 0.1) is 6.10 Å². The van der Waals surface area contributed by atoms with Gasteiger partial charge in [0, 0.05) is 6.07 Å². The standard InChI is InChI=1S/C11H11FO3/c12-9-5-4-8(6-10(13)11(9)14)15-7-2-1-3-7/h4-7H,1-3H2,(H,13,14). The van der Waals surface area contributed by atoms with E-state index in [1.165, 1.54) is 6.07 Å². The first-order valence-electron chi connectivity index (χ1n) is 4.86. The van der Waals surface area contributed by atoms with Gasteiger partial charge in [0.15, 0.2) is 11.6 Å². The Morgan fingerprint density at radius 1 is 1.40 bits per heavy atom. The predicted octanol–water partition coefficient (Wildman–Crippen LogP) is 1.82. The van der Waals surface area contributed by atoms with E-state index in [1.807, 2.05) is 0 Å². The van der Waals surface area contributed by atoms with Gasteiger partial charge < -0.3 is 9.84 Å². The quantitative estimate of drug-likeness (QED) is 0.809. The summed E-state index contributed by atoms with van der Waals surface area (Å²) in [6.07, 6.45) is 3.16. The third kappa shape index (κ3) is 2.09. The minimum Gasteiger partial charge on any atom is -0.502 e. The first kappa shape index (κ1) is 9.96. The molecule has 0 heterocycles. The zero-order valence-electron chi connectivity index (χ0n) is 8.07. The van der Waals surface area contributed by atoms with E-state index in [0.717, 1.165) is 31.4 Å². The van der Waals surface area contributed by atoms with Gasteiger partial charge in [-0.2, -0.15) is 0 Å². The Hall–Kier alpha value is -1.58. The van der Waals surface area contributed by atoms with Crippen molar-refractivity contribution in [3.8, 4) is 11.5 Å². The number of ether oxygens (including phenoxy) is 1. The first-order chi connectivity index (χ1) is 7.16. The molecule has 1 aromatic carbocycles. The SMILES string of the molecule is O=c1cc(OC2CCC2)ccc(F)c1O. The minimum absolute atomic E-state index is 0.122. The van der Waals surface area contributed by atoms with Crippen LogP contribution in [0.2, 0.25) is 0 Å². The van der Waals surface area contributed by atoms with Crippen LogP contribution in [0.5, 0.6) is 11.5 Å². The maximum absolute atomic E-state index is 12.9. The molecule has 80 valence electrons. The van der Waals surface area contributed by atoms with E-state index in [2.05, 4.69) is 0 Å². The molecule has 0 atom stereocenters. The maximum Gasteiger partial charge on any atom is 0.226 e. The summed E-state index contributed by atoms with van der Waals surface area (Å²) < 4.78 is 18.4. The molecule has 0 amide bonds. The lowest BCUT2D eigenvalue weighted by Crippen LogP contribution is -2.24. The Morgan fingerprint density at radius 2 is 2.13 bits per heavy atom.